The van der Waals surface area contributed by atoms with Crippen LogP contribution in [0.2, 0.25) is 5.02 Å². The predicted molar refractivity (Wildman–Crippen MR) is 105 cm³/mol. The molecule has 0 aliphatic heterocycles. The molecule has 0 saturated carbocycles. The number of benzene rings is 2. The summed E-state index contributed by atoms with van der Waals surface area (Å²) in [5, 5.41) is 2.97. The number of hydrogen-bond donors (Lipinski definition) is 1. The molecule has 1 aromatic heterocycles. The maximum atomic E-state index is 12.6. The Morgan fingerprint density at radius 1 is 1.15 bits per heavy atom. The van der Waals surface area contributed by atoms with E-state index >= 15 is 0 Å². The molecule has 1 amide bonds. The zero-order valence-electron chi connectivity index (χ0n) is 14.4. The van der Waals surface area contributed by atoms with Crippen LogP contribution in [0.4, 0.5) is 5.69 Å². The molecule has 3 rings (SSSR count). The van der Waals surface area contributed by atoms with E-state index in [9.17, 15) is 9.59 Å². The molecule has 138 valence electrons. The Kier molecular flexibility index (Phi) is 6.21. The van der Waals surface area contributed by atoms with Gasteiger partial charge in [0.15, 0.2) is 5.76 Å². The summed E-state index contributed by atoms with van der Waals surface area (Å²) >= 11 is 7.60. The molecule has 0 bridgehead atoms. The van der Waals surface area contributed by atoms with E-state index in [1.165, 1.54) is 25.5 Å². The molecule has 1 N–H and O–H groups in total. The van der Waals surface area contributed by atoms with Gasteiger partial charge >= 0.3 is 5.97 Å². The van der Waals surface area contributed by atoms with Gasteiger partial charge in [-0.2, -0.15) is 0 Å². The second kappa shape index (κ2) is 8.79. The van der Waals surface area contributed by atoms with Gasteiger partial charge in [-0.1, -0.05) is 29.8 Å². The third-order valence-corrected chi connectivity index (χ3v) is 5.11. The fourth-order valence-corrected chi connectivity index (χ4v) is 3.48. The molecular formula is C20H16ClNO4S. The van der Waals surface area contributed by atoms with Crippen molar-refractivity contribution in [3.63, 3.8) is 0 Å². The number of halogens is 1. The molecule has 1 heterocycles. The van der Waals surface area contributed by atoms with Crippen molar-refractivity contribution in [1.29, 1.82) is 0 Å². The van der Waals surface area contributed by atoms with Crippen LogP contribution in [0.1, 0.15) is 26.5 Å². The number of anilines is 1. The van der Waals surface area contributed by atoms with E-state index in [0.29, 0.717) is 11.4 Å². The van der Waals surface area contributed by atoms with Crippen molar-refractivity contribution in [2.24, 2.45) is 0 Å². The third kappa shape index (κ3) is 4.72. The fraction of sp³-hybridized carbons (Fsp3) is 0.100. The van der Waals surface area contributed by atoms with E-state index in [0.717, 1.165) is 10.5 Å². The molecule has 0 fully saturated rings. The van der Waals surface area contributed by atoms with Crippen LogP contribution in [0, 0.1) is 0 Å². The van der Waals surface area contributed by atoms with Gasteiger partial charge in [-0.05, 0) is 36.4 Å². The van der Waals surface area contributed by atoms with E-state index < -0.39 is 11.9 Å². The topological polar surface area (TPSA) is 68.5 Å². The van der Waals surface area contributed by atoms with Crippen molar-refractivity contribution in [3.05, 3.63) is 82.8 Å². The van der Waals surface area contributed by atoms with Crippen molar-refractivity contribution in [3.8, 4) is 0 Å². The summed E-state index contributed by atoms with van der Waals surface area (Å²) in [5.74, 6) is -0.152. The zero-order chi connectivity index (χ0) is 19.2. The fourth-order valence-electron chi connectivity index (χ4n) is 2.38. The minimum atomic E-state index is -0.575. The van der Waals surface area contributed by atoms with Crippen LogP contribution in [0.5, 0.6) is 0 Å². The highest BCUT2D eigenvalue weighted by atomic mass is 35.5. The third-order valence-electron chi connectivity index (χ3n) is 3.72. The van der Waals surface area contributed by atoms with E-state index in [1.54, 1.807) is 23.9 Å². The lowest BCUT2D eigenvalue weighted by atomic mass is 10.2. The van der Waals surface area contributed by atoms with Crippen LogP contribution in [-0.2, 0) is 10.5 Å². The Labute approximate surface area is 165 Å². The maximum absolute atomic E-state index is 12.6. The number of furan rings is 1. The number of rotatable bonds is 6. The SMILES string of the molecule is COC(=O)c1cc(NC(=O)c2occc2CSc2ccccc2)ccc1Cl. The van der Waals surface area contributed by atoms with Gasteiger partial charge in [0.05, 0.1) is 24.0 Å². The molecule has 27 heavy (non-hydrogen) atoms. The Morgan fingerprint density at radius 2 is 1.93 bits per heavy atom. The second-order valence-electron chi connectivity index (χ2n) is 5.52. The molecule has 0 saturated heterocycles. The summed E-state index contributed by atoms with van der Waals surface area (Å²) in [6, 6.07) is 16.3. The Hall–Kier alpha value is -2.70. The number of methoxy groups -OCH3 is 1. The molecule has 0 radical (unpaired) electrons. The van der Waals surface area contributed by atoms with Gasteiger partial charge in [-0.3, -0.25) is 4.79 Å². The number of carbonyl (C=O) groups excluding carboxylic acids is 2. The number of carbonyl (C=O) groups is 2. The summed E-state index contributed by atoms with van der Waals surface area (Å²) in [6.07, 6.45) is 1.48. The summed E-state index contributed by atoms with van der Waals surface area (Å²) < 4.78 is 10.1. The molecule has 5 nitrogen and oxygen atoms in total. The van der Waals surface area contributed by atoms with Gasteiger partial charge in [0.1, 0.15) is 0 Å². The molecular weight excluding hydrogens is 386 g/mol. The minimum absolute atomic E-state index is 0.177. The number of esters is 1. The van der Waals surface area contributed by atoms with Crippen LogP contribution in [-0.4, -0.2) is 19.0 Å². The maximum Gasteiger partial charge on any atom is 0.339 e. The van der Waals surface area contributed by atoms with Crippen molar-refractivity contribution >= 4 is 40.9 Å². The monoisotopic (exact) mass is 401 g/mol. The summed E-state index contributed by atoms with van der Waals surface area (Å²) in [6.45, 7) is 0. The Balaban J connectivity index is 1.72. The summed E-state index contributed by atoms with van der Waals surface area (Å²) in [4.78, 5) is 25.4. The lowest BCUT2D eigenvalue weighted by Crippen LogP contribution is -2.13. The number of ether oxygens (including phenoxy) is 1. The van der Waals surface area contributed by atoms with Gasteiger partial charge < -0.3 is 14.5 Å². The highest BCUT2D eigenvalue weighted by molar-refractivity contribution is 7.98. The lowest BCUT2D eigenvalue weighted by Gasteiger charge is -2.08. The van der Waals surface area contributed by atoms with E-state index in [-0.39, 0.29) is 16.3 Å². The van der Waals surface area contributed by atoms with E-state index in [2.05, 4.69) is 10.1 Å². The van der Waals surface area contributed by atoms with Gasteiger partial charge in [-0.15, -0.1) is 11.8 Å². The second-order valence-corrected chi connectivity index (χ2v) is 6.97. The van der Waals surface area contributed by atoms with Gasteiger partial charge in [0.2, 0.25) is 0 Å². The van der Waals surface area contributed by atoms with Crippen molar-refractivity contribution < 1.29 is 18.7 Å². The van der Waals surface area contributed by atoms with Crippen molar-refractivity contribution in [2.75, 3.05) is 12.4 Å². The summed E-state index contributed by atoms with van der Waals surface area (Å²) in [5.41, 5.74) is 1.38. The van der Waals surface area contributed by atoms with Crippen molar-refractivity contribution in [1.82, 2.24) is 0 Å². The van der Waals surface area contributed by atoms with Gasteiger partial charge in [-0.25, -0.2) is 4.79 Å². The first kappa shape index (κ1) is 19.1. The highest BCUT2D eigenvalue weighted by Gasteiger charge is 2.17. The molecule has 0 atom stereocenters. The molecule has 0 aliphatic carbocycles. The standard InChI is InChI=1S/C20H16ClNO4S/c1-25-20(24)16-11-14(7-8-17(16)21)22-19(23)18-13(9-10-26-18)12-27-15-5-3-2-4-6-15/h2-11H,12H2,1H3,(H,22,23). The van der Waals surface area contributed by atoms with Gasteiger partial charge in [0.25, 0.3) is 5.91 Å². The Morgan fingerprint density at radius 3 is 2.67 bits per heavy atom. The summed E-state index contributed by atoms with van der Waals surface area (Å²) in [7, 11) is 1.27. The number of amides is 1. The van der Waals surface area contributed by atoms with Crippen LogP contribution in [0.25, 0.3) is 0 Å². The predicted octanol–water partition coefficient (Wildman–Crippen LogP) is 5.26. The van der Waals surface area contributed by atoms with E-state index in [1.807, 2.05) is 30.3 Å². The van der Waals surface area contributed by atoms with Crippen LogP contribution in [0.3, 0.4) is 0 Å². The molecule has 7 heteroatoms. The smallest absolute Gasteiger partial charge is 0.339 e. The molecule has 3 aromatic rings. The lowest BCUT2D eigenvalue weighted by molar-refractivity contribution is 0.0600. The molecule has 0 spiro atoms. The minimum Gasteiger partial charge on any atom is -0.465 e. The molecule has 0 unspecified atom stereocenters. The zero-order valence-corrected chi connectivity index (χ0v) is 16.0. The molecule has 0 aliphatic rings. The average molecular weight is 402 g/mol. The normalized spacial score (nSPS) is 10.4. The van der Waals surface area contributed by atoms with Crippen molar-refractivity contribution in [2.45, 2.75) is 10.6 Å². The largest absolute Gasteiger partial charge is 0.465 e. The van der Waals surface area contributed by atoms with E-state index in [4.69, 9.17) is 16.0 Å². The quantitative estimate of drug-likeness (QED) is 0.450. The van der Waals surface area contributed by atoms with Crippen LogP contribution in [0.15, 0.2) is 70.2 Å². The highest BCUT2D eigenvalue weighted by Crippen LogP contribution is 2.26. The first-order valence-electron chi connectivity index (χ1n) is 8.02. The van der Waals surface area contributed by atoms with Crippen LogP contribution >= 0.6 is 23.4 Å². The Bertz CT molecular complexity index is 956. The van der Waals surface area contributed by atoms with Crippen LogP contribution < -0.4 is 5.32 Å². The first-order chi connectivity index (χ1) is 13.1. The number of nitrogens with one attached hydrogen (secondary N) is 1. The van der Waals surface area contributed by atoms with Gasteiger partial charge in [0, 0.05) is 21.9 Å². The molecule has 2 aromatic carbocycles. The number of hydrogen-bond acceptors (Lipinski definition) is 5. The number of thioether (sulfide) groups is 1. The average Bonchev–Trinajstić information content (AvgIpc) is 3.17. The first-order valence-corrected chi connectivity index (χ1v) is 9.38.